The zero-order chi connectivity index (χ0) is 10.6. The van der Waals surface area contributed by atoms with Crippen LogP contribution >= 0.6 is 11.6 Å². The Labute approximate surface area is 88.8 Å². The lowest BCUT2D eigenvalue weighted by Crippen LogP contribution is -2.29. The summed E-state index contributed by atoms with van der Waals surface area (Å²) in [5, 5.41) is -1.10. The van der Waals surface area contributed by atoms with Crippen molar-refractivity contribution in [2.24, 2.45) is 5.92 Å². The molecule has 0 aliphatic heterocycles. The first-order valence-electron chi connectivity index (χ1n) is 4.98. The highest BCUT2D eigenvalue weighted by Gasteiger charge is 2.29. The first-order chi connectivity index (χ1) is 6.65. The molecule has 0 N–H and O–H groups in total. The Morgan fingerprint density at radius 2 is 2.14 bits per heavy atom. The van der Waals surface area contributed by atoms with Crippen LogP contribution in [0.3, 0.4) is 0 Å². The van der Waals surface area contributed by atoms with E-state index in [0.29, 0.717) is 12.3 Å². The van der Waals surface area contributed by atoms with Gasteiger partial charge in [0.1, 0.15) is 0 Å². The molecule has 0 aromatic rings. The van der Waals surface area contributed by atoms with Gasteiger partial charge in [0, 0.05) is 6.42 Å². The van der Waals surface area contributed by atoms with Crippen LogP contribution in [0.4, 0.5) is 0 Å². The summed E-state index contributed by atoms with van der Waals surface area (Å²) in [6, 6.07) is 0. The zero-order valence-electron chi connectivity index (χ0n) is 8.29. The fourth-order valence-corrected chi connectivity index (χ4v) is 1.58. The van der Waals surface area contributed by atoms with Gasteiger partial charge in [-0.25, -0.2) is 4.79 Å². The number of ketones is 1. The Bertz CT molecular complexity index is 223. The van der Waals surface area contributed by atoms with Gasteiger partial charge in [-0.15, -0.1) is 11.6 Å². The second kappa shape index (κ2) is 5.35. The number of carbonyl (C=O) groups is 2. The molecule has 0 heterocycles. The summed E-state index contributed by atoms with van der Waals surface area (Å²) in [5.41, 5.74) is 0. The summed E-state index contributed by atoms with van der Waals surface area (Å²) in [5.74, 6) is -0.369. The molecule has 1 aliphatic rings. The van der Waals surface area contributed by atoms with Gasteiger partial charge in [-0.05, 0) is 12.8 Å². The van der Waals surface area contributed by atoms with E-state index in [-0.39, 0.29) is 12.4 Å². The lowest BCUT2D eigenvalue weighted by Gasteiger charge is -2.24. The van der Waals surface area contributed by atoms with Gasteiger partial charge in [0.2, 0.25) is 0 Å². The SMILES string of the molecule is CCOC(=O)C(Cl)C(=O)CC1CCC1. The second-order valence-corrected chi connectivity index (χ2v) is 4.02. The predicted octanol–water partition coefficient (Wildman–Crippen LogP) is 1.92. The molecule has 0 saturated heterocycles. The fourth-order valence-electron chi connectivity index (χ4n) is 1.43. The molecule has 1 rings (SSSR count). The lowest BCUT2D eigenvalue weighted by molar-refractivity contribution is -0.145. The number of esters is 1. The molecule has 1 atom stereocenters. The van der Waals surface area contributed by atoms with Crippen molar-refractivity contribution in [1.29, 1.82) is 0 Å². The maximum absolute atomic E-state index is 11.4. The summed E-state index contributed by atoms with van der Waals surface area (Å²) < 4.78 is 4.67. The smallest absolute Gasteiger partial charge is 0.331 e. The van der Waals surface area contributed by atoms with E-state index in [1.54, 1.807) is 6.92 Å². The van der Waals surface area contributed by atoms with Gasteiger partial charge in [0.05, 0.1) is 6.61 Å². The van der Waals surface area contributed by atoms with E-state index in [1.807, 2.05) is 0 Å². The largest absolute Gasteiger partial charge is 0.465 e. The number of hydrogen-bond acceptors (Lipinski definition) is 3. The molecule has 0 amide bonds. The maximum Gasteiger partial charge on any atom is 0.331 e. The lowest BCUT2D eigenvalue weighted by atomic mass is 9.81. The predicted molar refractivity (Wildman–Crippen MR) is 53.2 cm³/mol. The highest BCUT2D eigenvalue weighted by atomic mass is 35.5. The normalized spacial score (nSPS) is 18.4. The zero-order valence-corrected chi connectivity index (χ0v) is 9.05. The summed E-state index contributed by atoms with van der Waals surface area (Å²) in [6.45, 7) is 1.96. The van der Waals surface area contributed by atoms with Crippen LogP contribution in [0.2, 0.25) is 0 Å². The summed E-state index contributed by atoms with van der Waals surface area (Å²) in [7, 11) is 0. The van der Waals surface area contributed by atoms with Gasteiger partial charge in [0.15, 0.2) is 11.2 Å². The highest BCUT2D eigenvalue weighted by Crippen LogP contribution is 2.30. The topological polar surface area (TPSA) is 43.4 Å². The average molecular weight is 219 g/mol. The molecule has 4 heteroatoms. The molecule has 3 nitrogen and oxygen atoms in total. The van der Waals surface area contributed by atoms with Gasteiger partial charge in [0.25, 0.3) is 0 Å². The Morgan fingerprint density at radius 3 is 2.57 bits per heavy atom. The van der Waals surface area contributed by atoms with Crippen LogP contribution in [0.15, 0.2) is 0 Å². The van der Waals surface area contributed by atoms with E-state index in [1.165, 1.54) is 6.42 Å². The molecule has 1 saturated carbocycles. The van der Waals surface area contributed by atoms with Gasteiger partial charge >= 0.3 is 5.97 Å². The van der Waals surface area contributed by atoms with E-state index >= 15 is 0 Å². The van der Waals surface area contributed by atoms with Crippen LogP contribution in [-0.2, 0) is 14.3 Å². The molecule has 0 spiro atoms. The van der Waals surface area contributed by atoms with Crippen molar-refractivity contribution in [3.05, 3.63) is 0 Å². The van der Waals surface area contributed by atoms with Crippen LogP contribution in [-0.4, -0.2) is 23.7 Å². The van der Waals surface area contributed by atoms with Gasteiger partial charge < -0.3 is 4.74 Å². The molecular weight excluding hydrogens is 204 g/mol. The third-order valence-corrected chi connectivity index (χ3v) is 2.91. The minimum absolute atomic E-state index is 0.199. The number of rotatable bonds is 5. The van der Waals surface area contributed by atoms with E-state index in [4.69, 9.17) is 11.6 Å². The van der Waals surface area contributed by atoms with E-state index < -0.39 is 11.3 Å². The minimum Gasteiger partial charge on any atom is -0.465 e. The summed E-state index contributed by atoms with van der Waals surface area (Å²) in [4.78, 5) is 22.5. The molecule has 0 aromatic heterocycles. The number of hydrogen-bond donors (Lipinski definition) is 0. The van der Waals surface area contributed by atoms with Gasteiger partial charge in [-0.3, -0.25) is 4.79 Å². The first kappa shape index (κ1) is 11.5. The standard InChI is InChI=1S/C10H15ClO3/c1-2-14-10(13)9(11)8(12)6-7-4-3-5-7/h7,9H,2-6H2,1H3. The van der Waals surface area contributed by atoms with Gasteiger partial charge in [-0.1, -0.05) is 19.3 Å². The van der Waals surface area contributed by atoms with Crippen molar-refractivity contribution >= 4 is 23.4 Å². The molecule has 1 unspecified atom stereocenters. The Balaban J connectivity index is 2.30. The summed E-state index contributed by atoms with van der Waals surface area (Å²) in [6.07, 6.45) is 3.77. The molecular formula is C10H15ClO3. The highest BCUT2D eigenvalue weighted by molar-refractivity contribution is 6.41. The first-order valence-corrected chi connectivity index (χ1v) is 5.42. The van der Waals surface area contributed by atoms with E-state index in [0.717, 1.165) is 12.8 Å². The Kier molecular flexibility index (Phi) is 4.39. The van der Waals surface area contributed by atoms with Gasteiger partial charge in [-0.2, -0.15) is 0 Å². The van der Waals surface area contributed by atoms with E-state index in [9.17, 15) is 9.59 Å². The van der Waals surface area contributed by atoms with Crippen molar-refractivity contribution < 1.29 is 14.3 Å². The van der Waals surface area contributed by atoms with Crippen molar-refractivity contribution in [1.82, 2.24) is 0 Å². The Hall–Kier alpha value is -0.570. The van der Waals surface area contributed by atoms with Crippen molar-refractivity contribution in [2.75, 3.05) is 6.61 Å². The monoisotopic (exact) mass is 218 g/mol. The maximum atomic E-state index is 11.4. The number of Topliss-reactive ketones (excluding diaryl/α,β-unsaturated/α-hetero) is 1. The molecule has 0 aromatic carbocycles. The second-order valence-electron chi connectivity index (χ2n) is 3.58. The molecule has 1 fully saturated rings. The molecule has 80 valence electrons. The summed E-state index contributed by atoms with van der Waals surface area (Å²) >= 11 is 5.66. The van der Waals surface area contributed by atoms with Crippen LogP contribution in [0.5, 0.6) is 0 Å². The van der Waals surface area contributed by atoms with Crippen molar-refractivity contribution in [3.8, 4) is 0 Å². The van der Waals surface area contributed by atoms with Crippen molar-refractivity contribution in [2.45, 2.75) is 38.0 Å². The molecule has 0 bridgehead atoms. The third kappa shape index (κ3) is 2.98. The quantitative estimate of drug-likeness (QED) is 0.402. The van der Waals surface area contributed by atoms with Crippen LogP contribution < -0.4 is 0 Å². The Morgan fingerprint density at radius 1 is 1.50 bits per heavy atom. The third-order valence-electron chi connectivity index (χ3n) is 2.49. The van der Waals surface area contributed by atoms with E-state index in [2.05, 4.69) is 4.74 Å². The fraction of sp³-hybridized carbons (Fsp3) is 0.800. The number of ether oxygens (including phenoxy) is 1. The van der Waals surface area contributed by atoms with Crippen LogP contribution in [0.25, 0.3) is 0 Å². The molecule has 14 heavy (non-hydrogen) atoms. The van der Waals surface area contributed by atoms with Crippen LogP contribution in [0.1, 0.15) is 32.6 Å². The number of carbonyl (C=O) groups excluding carboxylic acids is 2. The van der Waals surface area contributed by atoms with Crippen LogP contribution in [0, 0.1) is 5.92 Å². The molecule has 0 radical (unpaired) electrons. The average Bonchev–Trinajstić information content (AvgIpc) is 2.10. The minimum atomic E-state index is -1.10. The molecule has 1 aliphatic carbocycles. The number of halogens is 1. The van der Waals surface area contributed by atoms with Crippen molar-refractivity contribution in [3.63, 3.8) is 0 Å². The number of alkyl halides is 1.